The smallest absolute Gasteiger partial charge is 0.254 e. The summed E-state index contributed by atoms with van der Waals surface area (Å²) in [5.74, 6) is 1.17. The number of hydrogen-bond donors (Lipinski definition) is 0. The van der Waals surface area contributed by atoms with Crippen LogP contribution in [0.4, 0.5) is 0 Å². The fourth-order valence-corrected chi connectivity index (χ4v) is 3.92. The van der Waals surface area contributed by atoms with E-state index in [-0.39, 0.29) is 11.8 Å². The predicted molar refractivity (Wildman–Crippen MR) is 102 cm³/mol. The number of hydrogen-bond acceptors (Lipinski definition) is 5. The summed E-state index contributed by atoms with van der Waals surface area (Å²) in [6.07, 6.45) is 4.08. The highest BCUT2D eigenvalue weighted by Gasteiger charge is 2.33. The van der Waals surface area contributed by atoms with Gasteiger partial charge in [0.05, 0.1) is 5.69 Å². The molecule has 0 N–H and O–H groups in total. The molecular formula is C19H21ClN6O. The lowest BCUT2D eigenvalue weighted by atomic mass is 9.84. The highest BCUT2D eigenvalue weighted by atomic mass is 35.5. The number of aryl methyl sites for hydroxylation is 2. The summed E-state index contributed by atoms with van der Waals surface area (Å²) in [5.41, 5.74) is 3.39. The maximum atomic E-state index is 13.1. The fraction of sp³-hybridized carbons (Fsp3) is 0.421. The summed E-state index contributed by atoms with van der Waals surface area (Å²) < 4.78 is 1.79. The Morgan fingerprint density at radius 3 is 2.89 bits per heavy atom. The third kappa shape index (κ3) is 3.27. The molecule has 27 heavy (non-hydrogen) atoms. The van der Waals surface area contributed by atoms with E-state index >= 15 is 0 Å². The van der Waals surface area contributed by atoms with Gasteiger partial charge in [-0.05, 0) is 43.9 Å². The minimum Gasteiger partial charge on any atom is -0.338 e. The molecular weight excluding hydrogens is 364 g/mol. The highest BCUT2D eigenvalue weighted by Crippen LogP contribution is 2.33. The van der Waals surface area contributed by atoms with Gasteiger partial charge >= 0.3 is 0 Å². The lowest BCUT2D eigenvalue weighted by Gasteiger charge is -2.37. The number of carbonyl (C=O) groups excluding carboxylic acids is 1. The van der Waals surface area contributed by atoms with Crippen LogP contribution in [0.2, 0.25) is 5.15 Å². The maximum Gasteiger partial charge on any atom is 0.254 e. The van der Waals surface area contributed by atoms with Gasteiger partial charge in [-0.2, -0.15) is 10.1 Å². The van der Waals surface area contributed by atoms with Gasteiger partial charge in [0.1, 0.15) is 11.5 Å². The number of fused-ring (bicyclic) bond motifs is 1. The Hall–Kier alpha value is -2.54. The van der Waals surface area contributed by atoms with Crippen LogP contribution in [0, 0.1) is 19.8 Å². The zero-order valence-electron chi connectivity index (χ0n) is 15.6. The summed E-state index contributed by atoms with van der Waals surface area (Å²) in [5, 5.41) is 4.67. The molecule has 0 saturated carbocycles. The minimum atomic E-state index is -0.00527. The van der Waals surface area contributed by atoms with Gasteiger partial charge in [0.25, 0.3) is 11.7 Å². The molecule has 0 spiro atoms. The Morgan fingerprint density at radius 1 is 1.26 bits per heavy atom. The number of carbonyl (C=O) groups is 1. The Morgan fingerprint density at radius 2 is 2.07 bits per heavy atom. The second kappa shape index (κ2) is 6.88. The van der Waals surface area contributed by atoms with Crippen LogP contribution in [0.5, 0.6) is 0 Å². The monoisotopic (exact) mass is 384 g/mol. The van der Waals surface area contributed by atoms with Crippen molar-refractivity contribution in [1.29, 1.82) is 0 Å². The molecule has 1 amide bonds. The van der Waals surface area contributed by atoms with E-state index in [4.69, 9.17) is 11.6 Å². The largest absolute Gasteiger partial charge is 0.338 e. The molecule has 7 nitrogen and oxygen atoms in total. The van der Waals surface area contributed by atoms with Crippen molar-refractivity contribution in [3.05, 3.63) is 52.3 Å². The van der Waals surface area contributed by atoms with Gasteiger partial charge < -0.3 is 4.90 Å². The first-order valence-corrected chi connectivity index (χ1v) is 9.40. The summed E-state index contributed by atoms with van der Waals surface area (Å²) >= 11 is 6.01. The highest BCUT2D eigenvalue weighted by molar-refractivity contribution is 6.29. The first-order chi connectivity index (χ1) is 12.9. The predicted octanol–water partition coefficient (Wildman–Crippen LogP) is 3.06. The topological polar surface area (TPSA) is 76.3 Å². The Kier molecular flexibility index (Phi) is 4.55. The average Bonchev–Trinajstić information content (AvgIpc) is 3.11. The van der Waals surface area contributed by atoms with Crippen LogP contribution >= 0.6 is 11.6 Å². The quantitative estimate of drug-likeness (QED) is 0.634. The third-order valence-electron chi connectivity index (χ3n) is 5.33. The second-order valence-electron chi connectivity index (χ2n) is 7.24. The lowest BCUT2D eigenvalue weighted by molar-refractivity contribution is 0.0665. The van der Waals surface area contributed by atoms with Crippen molar-refractivity contribution in [2.24, 2.45) is 5.92 Å². The maximum absolute atomic E-state index is 13.1. The fourth-order valence-electron chi connectivity index (χ4n) is 3.76. The van der Waals surface area contributed by atoms with E-state index in [9.17, 15) is 4.79 Å². The summed E-state index contributed by atoms with van der Waals surface area (Å²) in [6.45, 7) is 7.40. The molecule has 4 rings (SSSR count). The molecule has 0 radical (unpaired) electrons. The number of likely N-dealkylation sites (tertiary alicyclic amines) is 1. The van der Waals surface area contributed by atoms with Crippen molar-refractivity contribution in [3.8, 4) is 0 Å². The third-order valence-corrected chi connectivity index (χ3v) is 5.54. The van der Waals surface area contributed by atoms with Gasteiger partial charge in [0, 0.05) is 36.5 Å². The van der Waals surface area contributed by atoms with Gasteiger partial charge in [-0.1, -0.05) is 18.5 Å². The molecule has 0 aliphatic carbocycles. The normalized spacial score (nSPS) is 20.2. The van der Waals surface area contributed by atoms with Crippen molar-refractivity contribution < 1.29 is 4.79 Å². The van der Waals surface area contributed by atoms with Crippen molar-refractivity contribution in [2.75, 3.05) is 13.1 Å². The van der Waals surface area contributed by atoms with Crippen LogP contribution in [0.15, 0.2) is 24.7 Å². The van der Waals surface area contributed by atoms with E-state index in [1.54, 1.807) is 16.8 Å². The molecule has 1 fully saturated rings. The van der Waals surface area contributed by atoms with Crippen LogP contribution in [0.3, 0.4) is 0 Å². The molecule has 3 aromatic heterocycles. The Labute approximate surface area is 162 Å². The van der Waals surface area contributed by atoms with Crippen LogP contribution < -0.4 is 0 Å². The van der Waals surface area contributed by atoms with E-state index in [0.29, 0.717) is 29.0 Å². The molecule has 1 saturated heterocycles. The van der Waals surface area contributed by atoms with Crippen LogP contribution in [-0.2, 0) is 0 Å². The van der Waals surface area contributed by atoms with E-state index in [2.05, 4.69) is 27.0 Å². The van der Waals surface area contributed by atoms with Crippen LogP contribution in [0.25, 0.3) is 5.78 Å². The van der Waals surface area contributed by atoms with E-state index < -0.39 is 0 Å². The number of nitrogens with zero attached hydrogens (tertiary/aromatic N) is 6. The van der Waals surface area contributed by atoms with Gasteiger partial charge in [-0.3, -0.25) is 4.79 Å². The van der Waals surface area contributed by atoms with Crippen molar-refractivity contribution in [1.82, 2.24) is 29.5 Å². The number of amides is 1. The number of halogens is 1. The minimum absolute atomic E-state index is 0.00527. The standard InChI is InChI=1S/C19H21ClN6O/c1-11-4-5-25(18(27)14-7-17(20)21-8-12(14)2)9-15(11)16-6-13(3)24-19-22-10-23-26(16)19/h6-8,10-11,15H,4-5,9H2,1-3H3/t11-,15-/m1/s1. The van der Waals surface area contributed by atoms with E-state index in [1.165, 1.54) is 6.33 Å². The molecule has 2 atom stereocenters. The van der Waals surface area contributed by atoms with Gasteiger partial charge in [-0.25, -0.2) is 14.5 Å². The number of piperidine rings is 1. The van der Waals surface area contributed by atoms with Crippen molar-refractivity contribution >= 4 is 23.3 Å². The molecule has 8 heteroatoms. The zero-order valence-corrected chi connectivity index (χ0v) is 16.3. The first kappa shape index (κ1) is 17.9. The van der Waals surface area contributed by atoms with Gasteiger partial charge in [-0.15, -0.1) is 0 Å². The second-order valence-corrected chi connectivity index (χ2v) is 7.63. The molecule has 0 unspecified atom stereocenters. The van der Waals surface area contributed by atoms with E-state index in [0.717, 1.165) is 29.9 Å². The lowest BCUT2D eigenvalue weighted by Crippen LogP contribution is -2.43. The van der Waals surface area contributed by atoms with Gasteiger partial charge in [0.2, 0.25) is 0 Å². The molecule has 0 bridgehead atoms. The Balaban J connectivity index is 1.68. The number of rotatable bonds is 2. The van der Waals surface area contributed by atoms with Gasteiger partial charge in [0.15, 0.2) is 0 Å². The molecule has 1 aliphatic heterocycles. The van der Waals surface area contributed by atoms with E-state index in [1.807, 2.05) is 24.8 Å². The SMILES string of the molecule is Cc1cc([C@@H]2CN(C(=O)c3cc(Cl)ncc3C)CC[C@H]2C)n2ncnc2n1. The summed E-state index contributed by atoms with van der Waals surface area (Å²) in [4.78, 5) is 27.7. The molecule has 1 aliphatic rings. The van der Waals surface area contributed by atoms with Crippen LogP contribution in [-0.4, -0.2) is 48.5 Å². The molecule has 140 valence electrons. The first-order valence-electron chi connectivity index (χ1n) is 9.02. The van der Waals surface area contributed by atoms with Crippen molar-refractivity contribution in [2.45, 2.75) is 33.1 Å². The Bertz CT molecular complexity index is 1020. The number of aromatic nitrogens is 5. The van der Waals surface area contributed by atoms with Crippen LogP contribution in [0.1, 0.15) is 46.6 Å². The molecule has 4 heterocycles. The summed E-state index contributed by atoms with van der Waals surface area (Å²) in [7, 11) is 0. The average molecular weight is 385 g/mol. The molecule has 0 aromatic carbocycles. The van der Waals surface area contributed by atoms with Crippen molar-refractivity contribution in [3.63, 3.8) is 0 Å². The zero-order chi connectivity index (χ0) is 19.1. The summed E-state index contributed by atoms with van der Waals surface area (Å²) in [6, 6.07) is 3.70. The molecule has 3 aromatic rings. The number of pyridine rings is 1.